The van der Waals surface area contributed by atoms with Crippen molar-refractivity contribution in [3.8, 4) is 61.6 Å². The van der Waals surface area contributed by atoms with Crippen LogP contribution in [0.2, 0.25) is 0 Å². The van der Waals surface area contributed by atoms with E-state index in [1.54, 1.807) is 0 Å². The third kappa shape index (κ3) is 9.23. The second kappa shape index (κ2) is 16.9. The summed E-state index contributed by atoms with van der Waals surface area (Å²) in [5.41, 5.74) is 16.9. The van der Waals surface area contributed by atoms with Crippen molar-refractivity contribution in [1.82, 2.24) is 9.97 Å². The van der Waals surface area contributed by atoms with Gasteiger partial charge in [0.2, 0.25) is 0 Å². The molecule has 2 aromatic heterocycles. The molecule has 0 radical (unpaired) electrons. The largest absolute Gasteiger partial charge is 0.506 e. The minimum atomic E-state index is -0.213. The van der Waals surface area contributed by atoms with E-state index in [0.29, 0.717) is 17.4 Å². The van der Waals surface area contributed by atoms with E-state index >= 15 is 0 Å². The van der Waals surface area contributed by atoms with E-state index in [1.165, 1.54) is 33.4 Å². The number of fused-ring (bicyclic) bond motifs is 1. The molecule has 1 N–H and O–H groups in total. The van der Waals surface area contributed by atoms with Crippen LogP contribution in [-0.2, 0) is 37.3 Å². The van der Waals surface area contributed by atoms with Crippen molar-refractivity contribution >= 4 is 10.9 Å². The van der Waals surface area contributed by atoms with Gasteiger partial charge in [-0.1, -0.05) is 186 Å². The zero-order valence-corrected chi connectivity index (χ0v) is 40.1. The van der Waals surface area contributed by atoms with Crippen LogP contribution in [0.5, 0.6) is 5.75 Å². The number of phenols is 1. The molecule has 60 heavy (non-hydrogen) atoms. The number of hydrogen-bond donors (Lipinski definition) is 1. The van der Waals surface area contributed by atoms with Crippen LogP contribution in [0.3, 0.4) is 0 Å². The Morgan fingerprint density at radius 1 is 0.517 bits per heavy atom. The maximum absolute atomic E-state index is 11.6. The fourth-order valence-electron chi connectivity index (χ4n) is 8.15. The van der Waals surface area contributed by atoms with Gasteiger partial charge < -0.3 is 5.11 Å². The minimum absolute atomic E-state index is 0. The molecule has 4 heteroatoms. The Morgan fingerprint density at radius 3 is 1.55 bits per heavy atom. The van der Waals surface area contributed by atoms with Gasteiger partial charge in [0, 0.05) is 44.0 Å². The van der Waals surface area contributed by atoms with Gasteiger partial charge in [-0.05, 0) is 102 Å². The summed E-state index contributed by atoms with van der Waals surface area (Å²) < 4.78 is 0. The maximum Gasteiger partial charge on any atom is 0.141 e. The Balaban J connectivity index is 0.00000604. The Bertz CT molecular complexity index is 2620. The number of rotatable bonds is 7. The second-order valence-electron chi connectivity index (χ2n) is 20.1. The van der Waals surface area contributed by atoms with E-state index in [1.807, 2.05) is 12.3 Å². The topological polar surface area (TPSA) is 46.0 Å². The molecule has 0 atom stereocenters. The first-order chi connectivity index (χ1) is 27.7. The summed E-state index contributed by atoms with van der Waals surface area (Å²) in [7, 11) is 0. The van der Waals surface area contributed by atoms with Gasteiger partial charge in [-0.3, -0.25) is 9.97 Å². The first-order valence-corrected chi connectivity index (χ1v) is 21.3. The molecule has 7 rings (SSSR count). The Labute approximate surface area is 374 Å². The number of benzene rings is 5. The standard InChI is InChI=1S/C56H61N2O.Pt/c1-34(2)45-15-14-16-46(35(3)4)52(45)42-28-40(27-41(29-42)50-33-48(56(11,12)13)47-31-44(55(8,9)10)32-51(59)53(47)58-50)49-30-39(25-26-57-49)38-19-17-36(18-20-38)37-21-23-43(24-22-37)54(5,6)7;/h14-26,28-35,59H,1-13H3;/q-1;. The van der Waals surface area contributed by atoms with Crippen LogP contribution in [-0.4, -0.2) is 15.1 Å². The molecule has 5 aromatic carbocycles. The Kier molecular flexibility index (Phi) is 12.6. The predicted octanol–water partition coefficient (Wildman–Crippen LogP) is 15.6. The quantitative estimate of drug-likeness (QED) is 0.162. The number of hydrogen-bond acceptors (Lipinski definition) is 3. The van der Waals surface area contributed by atoms with Crippen molar-refractivity contribution in [2.75, 3.05) is 0 Å². The van der Waals surface area contributed by atoms with Gasteiger partial charge in [-0.25, -0.2) is 0 Å². The molecule has 0 aliphatic rings. The molecule has 0 saturated heterocycles. The maximum atomic E-state index is 11.6. The van der Waals surface area contributed by atoms with Crippen LogP contribution < -0.4 is 0 Å². The average Bonchev–Trinajstić information content (AvgIpc) is 3.19. The molecule has 0 aliphatic carbocycles. The molecule has 0 aliphatic heterocycles. The van der Waals surface area contributed by atoms with Crippen LogP contribution in [0, 0.1) is 6.07 Å². The van der Waals surface area contributed by atoms with Crippen molar-refractivity contribution in [3.05, 3.63) is 149 Å². The van der Waals surface area contributed by atoms with Crippen LogP contribution in [0.4, 0.5) is 0 Å². The smallest absolute Gasteiger partial charge is 0.141 e. The van der Waals surface area contributed by atoms with Crippen molar-refractivity contribution in [3.63, 3.8) is 0 Å². The fraction of sp³-hybridized carbons (Fsp3) is 0.321. The Morgan fingerprint density at radius 2 is 1.03 bits per heavy atom. The van der Waals surface area contributed by atoms with Gasteiger partial charge in [0.15, 0.2) is 0 Å². The molecule has 3 nitrogen and oxygen atoms in total. The zero-order chi connectivity index (χ0) is 42.6. The molecule has 0 fully saturated rings. The van der Waals surface area contributed by atoms with E-state index in [2.05, 4.69) is 199 Å². The van der Waals surface area contributed by atoms with E-state index in [-0.39, 0.29) is 43.1 Å². The van der Waals surface area contributed by atoms with Crippen molar-refractivity contribution in [2.45, 2.75) is 118 Å². The average molecular weight is 973 g/mol. The predicted molar refractivity (Wildman–Crippen MR) is 251 cm³/mol. The van der Waals surface area contributed by atoms with Crippen molar-refractivity contribution in [1.29, 1.82) is 0 Å². The molecule has 0 bridgehead atoms. The summed E-state index contributed by atoms with van der Waals surface area (Å²) in [6, 6.07) is 43.4. The monoisotopic (exact) mass is 972 g/mol. The molecular formula is C56H61N2OPt-. The van der Waals surface area contributed by atoms with E-state index in [9.17, 15) is 5.11 Å². The van der Waals surface area contributed by atoms with Gasteiger partial charge in [0.25, 0.3) is 0 Å². The zero-order valence-electron chi connectivity index (χ0n) is 37.8. The first-order valence-electron chi connectivity index (χ1n) is 21.3. The summed E-state index contributed by atoms with van der Waals surface area (Å²) in [6.07, 6.45) is 1.91. The number of aromatic hydroxyl groups is 1. The molecule has 0 unspecified atom stereocenters. The summed E-state index contributed by atoms with van der Waals surface area (Å²) in [4.78, 5) is 10.2. The molecule has 312 valence electrons. The number of pyridine rings is 2. The second-order valence-corrected chi connectivity index (χ2v) is 20.1. The van der Waals surface area contributed by atoms with E-state index < -0.39 is 0 Å². The molecule has 7 aromatic rings. The minimum Gasteiger partial charge on any atom is -0.506 e. The van der Waals surface area contributed by atoms with Gasteiger partial charge in [0.1, 0.15) is 11.3 Å². The summed E-state index contributed by atoms with van der Waals surface area (Å²) in [6.45, 7) is 29.1. The molecule has 0 amide bonds. The number of phenolic OH excluding ortho intramolecular Hbond substituents is 1. The molecule has 0 spiro atoms. The van der Waals surface area contributed by atoms with Crippen LogP contribution in [0.1, 0.15) is 130 Å². The third-order valence-electron chi connectivity index (χ3n) is 11.7. The summed E-state index contributed by atoms with van der Waals surface area (Å²) in [5.74, 6) is 0.840. The molecule has 0 saturated carbocycles. The van der Waals surface area contributed by atoms with Gasteiger partial charge in [-0.15, -0.1) is 18.2 Å². The van der Waals surface area contributed by atoms with Gasteiger partial charge in [0.05, 0.1) is 0 Å². The molecule has 2 heterocycles. The third-order valence-corrected chi connectivity index (χ3v) is 11.7. The normalized spacial score (nSPS) is 12.3. The summed E-state index contributed by atoms with van der Waals surface area (Å²) >= 11 is 0. The van der Waals surface area contributed by atoms with Crippen LogP contribution in [0.15, 0.2) is 115 Å². The van der Waals surface area contributed by atoms with Crippen LogP contribution >= 0.6 is 0 Å². The van der Waals surface area contributed by atoms with Crippen molar-refractivity contribution in [2.24, 2.45) is 0 Å². The van der Waals surface area contributed by atoms with Gasteiger partial charge >= 0.3 is 0 Å². The molecular weight excluding hydrogens is 912 g/mol. The van der Waals surface area contributed by atoms with E-state index in [0.717, 1.165) is 55.7 Å². The fourth-order valence-corrected chi connectivity index (χ4v) is 8.15. The van der Waals surface area contributed by atoms with Gasteiger partial charge in [-0.2, -0.15) is 0 Å². The van der Waals surface area contributed by atoms with Crippen LogP contribution in [0.25, 0.3) is 66.8 Å². The SMILES string of the molecule is CC(C)c1cccc(C(C)C)c1-c1cc(-c2cc(-c3ccc(-c4ccc(C(C)(C)C)cc4)cc3)ccn2)[c-]c(-c2cc(C(C)(C)C)c3cc(C(C)(C)C)cc(O)c3n2)c1.[Pt]. The number of nitrogens with zero attached hydrogens (tertiary/aromatic N) is 2. The first kappa shape index (κ1) is 44.7. The summed E-state index contributed by atoms with van der Waals surface area (Å²) in [5, 5.41) is 12.6. The van der Waals surface area contributed by atoms with Crippen molar-refractivity contribution < 1.29 is 26.2 Å². The van der Waals surface area contributed by atoms with E-state index in [4.69, 9.17) is 9.97 Å². The Hall–Kier alpha value is -4.85. The number of aromatic nitrogens is 2.